The maximum atomic E-state index is 11.9. The molecular formula is C14H17N3O2. The van der Waals surface area contributed by atoms with Crippen molar-refractivity contribution in [2.75, 3.05) is 19.0 Å². The van der Waals surface area contributed by atoms with Crippen molar-refractivity contribution >= 4 is 22.5 Å². The van der Waals surface area contributed by atoms with Crippen molar-refractivity contribution in [3.8, 4) is 0 Å². The molecule has 0 saturated carbocycles. The number of anilines is 1. The van der Waals surface area contributed by atoms with Gasteiger partial charge in [-0.1, -0.05) is 6.07 Å². The van der Waals surface area contributed by atoms with Gasteiger partial charge >= 0.3 is 0 Å². The third-order valence-electron chi connectivity index (χ3n) is 2.93. The predicted octanol–water partition coefficient (Wildman–Crippen LogP) is 1.54. The van der Waals surface area contributed by atoms with E-state index in [1.807, 2.05) is 30.3 Å². The Balaban J connectivity index is 2.15. The number of benzene rings is 1. The van der Waals surface area contributed by atoms with Crippen molar-refractivity contribution in [1.29, 1.82) is 0 Å². The Morgan fingerprint density at radius 1 is 1.42 bits per heavy atom. The average molecular weight is 259 g/mol. The summed E-state index contributed by atoms with van der Waals surface area (Å²) in [4.78, 5) is 16.2. The van der Waals surface area contributed by atoms with E-state index in [1.165, 1.54) is 0 Å². The molecule has 5 heteroatoms. The van der Waals surface area contributed by atoms with Gasteiger partial charge in [0.25, 0.3) is 0 Å². The van der Waals surface area contributed by atoms with Crippen LogP contribution in [0.2, 0.25) is 0 Å². The van der Waals surface area contributed by atoms with E-state index < -0.39 is 0 Å². The van der Waals surface area contributed by atoms with E-state index in [1.54, 1.807) is 13.3 Å². The predicted molar refractivity (Wildman–Crippen MR) is 74.8 cm³/mol. The topological polar surface area (TPSA) is 77.2 Å². The van der Waals surface area contributed by atoms with Gasteiger partial charge in [-0.05, 0) is 24.3 Å². The Bertz CT molecular complexity index is 562. The first-order chi connectivity index (χ1) is 9.24. The Labute approximate surface area is 111 Å². The molecule has 3 N–H and O–H groups in total. The fourth-order valence-corrected chi connectivity index (χ4v) is 1.88. The second-order valence-corrected chi connectivity index (χ2v) is 4.22. The van der Waals surface area contributed by atoms with Crippen molar-refractivity contribution in [2.24, 2.45) is 5.73 Å². The summed E-state index contributed by atoms with van der Waals surface area (Å²) in [7, 11) is 1.55. The molecule has 0 radical (unpaired) electrons. The fraction of sp³-hybridized carbons (Fsp3) is 0.286. The zero-order valence-corrected chi connectivity index (χ0v) is 10.8. The first kappa shape index (κ1) is 13.5. The fourth-order valence-electron chi connectivity index (χ4n) is 1.88. The minimum Gasteiger partial charge on any atom is -0.380 e. The molecule has 0 aliphatic rings. The van der Waals surface area contributed by atoms with Crippen molar-refractivity contribution < 1.29 is 9.53 Å². The molecule has 1 atom stereocenters. The number of nitrogens with two attached hydrogens (primary N) is 1. The van der Waals surface area contributed by atoms with Crippen molar-refractivity contribution in [3.05, 3.63) is 36.5 Å². The van der Waals surface area contributed by atoms with Crippen LogP contribution < -0.4 is 11.1 Å². The molecule has 2 rings (SSSR count). The normalized spacial score (nSPS) is 12.3. The zero-order chi connectivity index (χ0) is 13.7. The highest BCUT2D eigenvalue weighted by atomic mass is 16.5. The van der Waals surface area contributed by atoms with Crippen molar-refractivity contribution in [3.63, 3.8) is 0 Å². The van der Waals surface area contributed by atoms with Gasteiger partial charge < -0.3 is 15.8 Å². The highest BCUT2D eigenvalue weighted by molar-refractivity contribution is 6.01. The van der Waals surface area contributed by atoms with Gasteiger partial charge in [0.15, 0.2) is 0 Å². The van der Waals surface area contributed by atoms with E-state index in [2.05, 4.69) is 10.3 Å². The molecule has 1 aromatic carbocycles. The number of aromatic nitrogens is 1. The van der Waals surface area contributed by atoms with E-state index in [0.29, 0.717) is 6.54 Å². The zero-order valence-electron chi connectivity index (χ0n) is 10.8. The van der Waals surface area contributed by atoms with E-state index >= 15 is 0 Å². The quantitative estimate of drug-likeness (QED) is 0.853. The lowest BCUT2D eigenvalue weighted by Crippen LogP contribution is -2.28. The number of amides is 1. The maximum Gasteiger partial charge on any atom is 0.227 e. The summed E-state index contributed by atoms with van der Waals surface area (Å²) in [5.74, 6) is -0.117. The number of hydrogen-bond acceptors (Lipinski definition) is 4. The van der Waals surface area contributed by atoms with Gasteiger partial charge in [0.2, 0.25) is 5.91 Å². The number of hydrogen-bond donors (Lipinski definition) is 2. The van der Waals surface area contributed by atoms with Gasteiger partial charge in [0.1, 0.15) is 0 Å². The van der Waals surface area contributed by atoms with Crippen LogP contribution >= 0.6 is 0 Å². The van der Waals surface area contributed by atoms with Gasteiger partial charge in [-0.3, -0.25) is 9.78 Å². The number of ether oxygens (including phenoxy) is 1. The first-order valence-corrected chi connectivity index (χ1v) is 6.11. The van der Waals surface area contributed by atoms with Gasteiger partial charge in [-0.25, -0.2) is 0 Å². The summed E-state index contributed by atoms with van der Waals surface area (Å²) >= 11 is 0. The SMILES string of the molecule is COC(CN)CC(=O)Nc1cccc2ncccc12. The summed E-state index contributed by atoms with van der Waals surface area (Å²) in [6.45, 7) is 0.320. The molecule has 0 aliphatic carbocycles. The molecular weight excluding hydrogens is 242 g/mol. The number of nitrogens with zero attached hydrogens (tertiary/aromatic N) is 1. The number of rotatable bonds is 5. The number of nitrogens with one attached hydrogen (secondary N) is 1. The van der Waals surface area contributed by atoms with Gasteiger partial charge in [-0.15, -0.1) is 0 Å². The molecule has 1 heterocycles. The Morgan fingerprint density at radius 3 is 3.00 bits per heavy atom. The second kappa shape index (κ2) is 6.26. The lowest BCUT2D eigenvalue weighted by atomic mass is 10.1. The lowest BCUT2D eigenvalue weighted by molar-refractivity contribution is -0.118. The molecule has 1 unspecified atom stereocenters. The second-order valence-electron chi connectivity index (χ2n) is 4.22. The Hall–Kier alpha value is -1.98. The van der Waals surface area contributed by atoms with E-state index in [0.717, 1.165) is 16.6 Å². The van der Waals surface area contributed by atoms with Crippen LogP contribution in [0.3, 0.4) is 0 Å². The number of carbonyl (C=O) groups is 1. The van der Waals surface area contributed by atoms with Crippen LogP contribution in [0, 0.1) is 0 Å². The van der Waals surface area contributed by atoms with Gasteiger partial charge in [0, 0.05) is 25.2 Å². The Kier molecular flexibility index (Phi) is 4.43. The molecule has 0 spiro atoms. The smallest absolute Gasteiger partial charge is 0.227 e. The van der Waals surface area contributed by atoms with Gasteiger partial charge in [0.05, 0.1) is 23.7 Å². The molecule has 0 bridgehead atoms. The molecule has 1 amide bonds. The van der Waals surface area contributed by atoms with Crippen molar-refractivity contribution in [2.45, 2.75) is 12.5 Å². The highest BCUT2D eigenvalue weighted by Gasteiger charge is 2.12. The maximum absolute atomic E-state index is 11.9. The molecule has 5 nitrogen and oxygen atoms in total. The number of fused-ring (bicyclic) bond motifs is 1. The monoisotopic (exact) mass is 259 g/mol. The summed E-state index contributed by atoms with van der Waals surface area (Å²) in [6, 6.07) is 9.39. The third kappa shape index (κ3) is 3.27. The minimum atomic E-state index is -0.256. The van der Waals surface area contributed by atoms with Crippen LogP contribution in [0.4, 0.5) is 5.69 Å². The molecule has 19 heavy (non-hydrogen) atoms. The van der Waals surface area contributed by atoms with Crippen molar-refractivity contribution in [1.82, 2.24) is 4.98 Å². The lowest BCUT2D eigenvalue weighted by Gasteiger charge is -2.13. The Morgan fingerprint density at radius 2 is 2.26 bits per heavy atom. The summed E-state index contributed by atoms with van der Waals surface area (Å²) in [6.07, 6.45) is 1.71. The number of pyridine rings is 1. The van der Waals surface area contributed by atoms with Crippen LogP contribution in [-0.4, -0.2) is 30.6 Å². The minimum absolute atomic E-state index is 0.117. The standard InChI is InChI=1S/C14H17N3O2/c1-19-10(9-15)8-14(18)17-13-6-2-5-12-11(13)4-3-7-16-12/h2-7,10H,8-9,15H2,1H3,(H,17,18). The van der Waals surface area contributed by atoms with E-state index in [4.69, 9.17) is 10.5 Å². The molecule has 0 fully saturated rings. The summed E-state index contributed by atoms with van der Waals surface area (Å²) in [5.41, 5.74) is 7.10. The van der Waals surface area contributed by atoms with Gasteiger partial charge in [-0.2, -0.15) is 0 Å². The first-order valence-electron chi connectivity index (χ1n) is 6.11. The average Bonchev–Trinajstić information content (AvgIpc) is 2.45. The summed E-state index contributed by atoms with van der Waals surface area (Å²) in [5, 5.41) is 3.79. The van der Waals surface area contributed by atoms with Crippen LogP contribution in [0.25, 0.3) is 10.9 Å². The molecule has 100 valence electrons. The van der Waals surface area contributed by atoms with E-state index in [9.17, 15) is 4.79 Å². The van der Waals surface area contributed by atoms with Crippen LogP contribution in [0.5, 0.6) is 0 Å². The number of methoxy groups -OCH3 is 1. The largest absolute Gasteiger partial charge is 0.380 e. The summed E-state index contributed by atoms with van der Waals surface area (Å²) < 4.78 is 5.10. The highest BCUT2D eigenvalue weighted by Crippen LogP contribution is 2.21. The van der Waals surface area contributed by atoms with Crippen LogP contribution in [0.1, 0.15) is 6.42 Å². The molecule has 0 aliphatic heterocycles. The molecule has 2 aromatic rings. The van der Waals surface area contributed by atoms with E-state index in [-0.39, 0.29) is 18.4 Å². The van der Waals surface area contributed by atoms with Crippen LogP contribution in [-0.2, 0) is 9.53 Å². The number of carbonyl (C=O) groups excluding carboxylic acids is 1. The third-order valence-corrected chi connectivity index (χ3v) is 2.93. The molecule has 1 aromatic heterocycles. The molecule has 0 saturated heterocycles. The van der Waals surface area contributed by atoms with Crippen LogP contribution in [0.15, 0.2) is 36.5 Å².